The van der Waals surface area contributed by atoms with Gasteiger partial charge in [-0.2, -0.15) is 5.26 Å². The van der Waals surface area contributed by atoms with Crippen LogP contribution in [0.25, 0.3) is 11.1 Å². The van der Waals surface area contributed by atoms with Crippen LogP contribution in [0.4, 0.5) is 4.39 Å². The number of hydrogen-bond donors (Lipinski definition) is 0. The maximum atomic E-state index is 13.7. The summed E-state index contributed by atoms with van der Waals surface area (Å²) in [5.41, 5.74) is 3.33. The van der Waals surface area contributed by atoms with E-state index in [0.717, 1.165) is 16.7 Å². The van der Waals surface area contributed by atoms with Crippen LogP contribution < -0.4 is 0 Å². The fourth-order valence-electron chi connectivity index (χ4n) is 1.81. The molecular formula is C15H12FN. The average molecular weight is 225 g/mol. The summed E-state index contributed by atoms with van der Waals surface area (Å²) < 4.78 is 13.7. The topological polar surface area (TPSA) is 23.8 Å². The van der Waals surface area contributed by atoms with Crippen molar-refractivity contribution in [2.45, 2.75) is 13.3 Å². The van der Waals surface area contributed by atoms with Gasteiger partial charge in [0.25, 0.3) is 0 Å². The molecular weight excluding hydrogens is 213 g/mol. The lowest BCUT2D eigenvalue weighted by Gasteiger charge is -2.06. The van der Waals surface area contributed by atoms with Gasteiger partial charge in [-0.15, -0.1) is 0 Å². The first-order valence-electron chi connectivity index (χ1n) is 5.43. The molecule has 0 amide bonds. The van der Waals surface area contributed by atoms with E-state index in [4.69, 9.17) is 5.26 Å². The third-order valence-electron chi connectivity index (χ3n) is 2.64. The summed E-state index contributed by atoms with van der Waals surface area (Å²) in [5, 5.41) is 8.65. The van der Waals surface area contributed by atoms with Crippen molar-refractivity contribution in [1.82, 2.24) is 0 Å². The zero-order valence-corrected chi connectivity index (χ0v) is 9.57. The molecule has 0 spiro atoms. The molecule has 0 aliphatic heterocycles. The van der Waals surface area contributed by atoms with Gasteiger partial charge in [0, 0.05) is 5.56 Å². The average Bonchev–Trinajstić information content (AvgIpc) is 2.32. The van der Waals surface area contributed by atoms with Crippen molar-refractivity contribution >= 4 is 0 Å². The summed E-state index contributed by atoms with van der Waals surface area (Å²) in [6, 6.07) is 14.6. The van der Waals surface area contributed by atoms with Gasteiger partial charge in [0.1, 0.15) is 5.82 Å². The van der Waals surface area contributed by atoms with Gasteiger partial charge in [-0.3, -0.25) is 0 Å². The second kappa shape index (κ2) is 4.80. The summed E-state index contributed by atoms with van der Waals surface area (Å²) in [7, 11) is 0. The van der Waals surface area contributed by atoms with E-state index in [-0.39, 0.29) is 5.82 Å². The Morgan fingerprint density at radius 2 is 2.00 bits per heavy atom. The van der Waals surface area contributed by atoms with Gasteiger partial charge in [-0.1, -0.05) is 35.9 Å². The molecule has 0 bridgehead atoms. The number of nitriles is 1. The molecule has 0 saturated heterocycles. The van der Waals surface area contributed by atoms with Crippen molar-refractivity contribution in [1.29, 1.82) is 5.26 Å². The summed E-state index contributed by atoms with van der Waals surface area (Å²) in [5.74, 6) is -0.253. The van der Waals surface area contributed by atoms with Gasteiger partial charge in [-0.25, -0.2) is 4.39 Å². The van der Waals surface area contributed by atoms with E-state index >= 15 is 0 Å². The minimum atomic E-state index is -0.253. The van der Waals surface area contributed by atoms with E-state index in [2.05, 4.69) is 6.07 Å². The molecule has 0 aromatic heterocycles. The number of nitrogens with zero attached hydrogens (tertiary/aromatic N) is 1. The summed E-state index contributed by atoms with van der Waals surface area (Å²) in [4.78, 5) is 0. The Bertz CT molecular complexity index is 582. The molecule has 0 fully saturated rings. The maximum absolute atomic E-state index is 13.7. The quantitative estimate of drug-likeness (QED) is 0.761. The molecule has 0 aliphatic rings. The molecule has 0 radical (unpaired) electrons. The minimum absolute atomic E-state index is 0.253. The van der Waals surface area contributed by atoms with Crippen LogP contribution in [0, 0.1) is 24.1 Å². The lowest BCUT2D eigenvalue weighted by atomic mass is 10.00. The first-order valence-corrected chi connectivity index (χ1v) is 5.43. The van der Waals surface area contributed by atoms with Gasteiger partial charge >= 0.3 is 0 Å². The minimum Gasteiger partial charge on any atom is -0.206 e. The molecule has 0 N–H and O–H groups in total. The monoisotopic (exact) mass is 225 g/mol. The SMILES string of the molecule is Cc1cccc(-c2cc(CC#N)ccc2F)c1. The third-order valence-corrected chi connectivity index (χ3v) is 2.64. The first kappa shape index (κ1) is 11.3. The largest absolute Gasteiger partial charge is 0.206 e. The van der Waals surface area contributed by atoms with Gasteiger partial charge in [-0.05, 0) is 30.2 Å². The Morgan fingerprint density at radius 3 is 2.71 bits per heavy atom. The molecule has 2 aromatic carbocycles. The van der Waals surface area contributed by atoms with Crippen molar-refractivity contribution in [3.8, 4) is 17.2 Å². The predicted molar refractivity (Wildman–Crippen MR) is 65.9 cm³/mol. The van der Waals surface area contributed by atoms with E-state index in [1.807, 2.05) is 31.2 Å². The Balaban J connectivity index is 2.51. The van der Waals surface area contributed by atoms with Crippen molar-refractivity contribution in [3.63, 3.8) is 0 Å². The third kappa shape index (κ3) is 2.51. The Kier molecular flexibility index (Phi) is 3.20. The van der Waals surface area contributed by atoms with E-state index in [1.165, 1.54) is 6.07 Å². The highest BCUT2D eigenvalue weighted by molar-refractivity contribution is 5.65. The molecule has 0 aliphatic carbocycles. The van der Waals surface area contributed by atoms with Crippen LogP contribution in [0.2, 0.25) is 0 Å². The molecule has 2 rings (SSSR count). The normalized spacial score (nSPS) is 9.94. The van der Waals surface area contributed by atoms with Crippen LogP contribution in [0.15, 0.2) is 42.5 Å². The van der Waals surface area contributed by atoms with Crippen LogP contribution in [0.3, 0.4) is 0 Å². The fraction of sp³-hybridized carbons (Fsp3) is 0.133. The second-order valence-electron chi connectivity index (χ2n) is 4.02. The fourth-order valence-corrected chi connectivity index (χ4v) is 1.81. The van der Waals surface area contributed by atoms with Crippen LogP contribution in [0.1, 0.15) is 11.1 Å². The number of halogens is 1. The number of aryl methyl sites for hydroxylation is 1. The highest BCUT2D eigenvalue weighted by Crippen LogP contribution is 2.24. The maximum Gasteiger partial charge on any atom is 0.131 e. The Hall–Kier alpha value is -2.14. The molecule has 1 nitrogen and oxygen atoms in total. The smallest absolute Gasteiger partial charge is 0.131 e. The number of benzene rings is 2. The molecule has 0 atom stereocenters. The summed E-state index contributed by atoms with van der Waals surface area (Å²) >= 11 is 0. The molecule has 0 heterocycles. The van der Waals surface area contributed by atoms with Crippen molar-refractivity contribution in [3.05, 3.63) is 59.4 Å². The van der Waals surface area contributed by atoms with Gasteiger partial charge < -0.3 is 0 Å². The first-order chi connectivity index (χ1) is 8.20. The molecule has 2 heteroatoms. The van der Waals surface area contributed by atoms with Crippen LogP contribution >= 0.6 is 0 Å². The van der Waals surface area contributed by atoms with Gasteiger partial charge in [0.15, 0.2) is 0 Å². The van der Waals surface area contributed by atoms with E-state index < -0.39 is 0 Å². The highest BCUT2D eigenvalue weighted by atomic mass is 19.1. The Labute approximate surface area is 100 Å². The molecule has 84 valence electrons. The lowest BCUT2D eigenvalue weighted by molar-refractivity contribution is 0.631. The van der Waals surface area contributed by atoms with Crippen LogP contribution in [-0.4, -0.2) is 0 Å². The predicted octanol–water partition coefficient (Wildman–Crippen LogP) is 3.87. The van der Waals surface area contributed by atoms with Gasteiger partial charge in [0.05, 0.1) is 12.5 Å². The zero-order chi connectivity index (χ0) is 12.3. The van der Waals surface area contributed by atoms with Crippen molar-refractivity contribution in [2.75, 3.05) is 0 Å². The highest BCUT2D eigenvalue weighted by Gasteiger charge is 2.06. The standard InChI is InChI=1S/C15H12FN/c1-11-3-2-4-13(9-11)14-10-12(7-8-17)5-6-15(14)16/h2-6,9-10H,7H2,1H3. The second-order valence-corrected chi connectivity index (χ2v) is 4.02. The van der Waals surface area contributed by atoms with Crippen LogP contribution in [-0.2, 0) is 6.42 Å². The lowest BCUT2D eigenvalue weighted by Crippen LogP contribution is -1.89. The summed E-state index contributed by atoms with van der Waals surface area (Å²) in [6.45, 7) is 1.97. The molecule has 17 heavy (non-hydrogen) atoms. The van der Waals surface area contributed by atoms with E-state index in [9.17, 15) is 4.39 Å². The van der Waals surface area contributed by atoms with E-state index in [1.54, 1.807) is 12.1 Å². The Morgan fingerprint density at radius 1 is 1.18 bits per heavy atom. The van der Waals surface area contributed by atoms with Crippen molar-refractivity contribution < 1.29 is 4.39 Å². The number of rotatable bonds is 2. The zero-order valence-electron chi connectivity index (χ0n) is 9.57. The molecule has 0 saturated carbocycles. The number of hydrogen-bond acceptors (Lipinski definition) is 1. The molecule has 0 unspecified atom stereocenters. The van der Waals surface area contributed by atoms with Crippen molar-refractivity contribution in [2.24, 2.45) is 0 Å². The van der Waals surface area contributed by atoms with Crippen LogP contribution in [0.5, 0.6) is 0 Å². The van der Waals surface area contributed by atoms with Gasteiger partial charge in [0.2, 0.25) is 0 Å². The summed E-state index contributed by atoms with van der Waals surface area (Å²) in [6.07, 6.45) is 0.305. The van der Waals surface area contributed by atoms with E-state index in [0.29, 0.717) is 12.0 Å². The molecule has 2 aromatic rings.